The maximum Gasteiger partial charge on any atom is 0.0453 e. The minimum atomic E-state index is 0.259. The Morgan fingerprint density at radius 2 is 1.86 bits per heavy atom. The number of hydrogen-bond acceptors (Lipinski definition) is 1. The van der Waals surface area contributed by atoms with Crippen LogP contribution in [0.1, 0.15) is 18.4 Å². The van der Waals surface area contributed by atoms with Gasteiger partial charge in [-0.3, -0.25) is 0 Å². The van der Waals surface area contributed by atoms with E-state index in [1.807, 2.05) is 25.2 Å². The van der Waals surface area contributed by atoms with Crippen LogP contribution < -0.4 is 5.32 Å². The predicted octanol–water partition coefficient (Wildman–Crippen LogP) is 3.29. The largest absolute Gasteiger partial charge is 0.314 e. The Kier molecular flexibility index (Phi) is 2.74. The van der Waals surface area contributed by atoms with Gasteiger partial charge >= 0.3 is 0 Å². The fourth-order valence-electron chi connectivity index (χ4n) is 1.71. The maximum atomic E-state index is 6.11. The first kappa shape index (κ1) is 10.3. The smallest absolute Gasteiger partial charge is 0.0453 e. The molecule has 0 unspecified atom stereocenters. The highest BCUT2D eigenvalue weighted by atomic mass is 35.5. The van der Waals surface area contributed by atoms with Gasteiger partial charge in [0.25, 0.3) is 0 Å². The van der Waals surface area contributed by atoms with Gasteiger partial charge in [-0.25, -0.2) is 0 Å². The fourth-order valence-corrected chi connectivity index (χ4v) is 2.24. The molecular formula is C11H13Cl2N. The Morgan fingerprint density at radius 1 is 1.29 bits per heavy atom. The van der Waals surface area contributed by atoms with Gasteiger partial charge < -0.3 is 5.32 Å². The van der Waals surface area contributed by atoms with Crippen molar-refractivity contribution < 1.29 is 0 Å². The van der Waals surface area contributed by atoms with Crippen LogP contribution in [0.15, 0.2) is 18.2 Å². The molecule has 0 spiro atoms. The third-order valence-electron chi connectivity index (χ3n) is 2.96. The molecule has 76 valence electrons. The highest BCUT2D eigenvalue weighted by Crippen LogP contribution is 2.41. The summed E-state index contributed by atoms with van der Waals surface area (Å²) in [7, 11) is 2.00. The van der Waals surface area contributed by atoms with E-state index in [0.717, 1.165) is 22.0 Å². The summed E-state index contributed by atoms with van der Waals surface area (Å²) in [4.78, 5) is 0. The van der Waals surface area contributed by atoms with Gasteiger partial charge in [0.15, 0.2) is 0 Å². The Hall–Kier alpha value is -0.240. The second-order valence-electron chi connectivity index (χ2n) is 3.91. The molecule has 1 aromatic rings. The Morgan fingerprint density at radius 3 is 2.29 bits per heavy atom. The molecule has 2 rings (SSSR count). The highest BCUT2D eigenvalue weighted by molar-refractivity contribution is 6.36. The molecular weight excluding hydrogens is 217 g/mol. The van der Waals surface area contributed by atoms with Gasteiger partial charge in [-0.15, -0.1) is 0 Å². The lowest BCUT2D eigenvalue weighted by atomic mass is 10.0. The van der Waals surface area contributed by atoms with E-state index in [-0.39, 0.29) is 5.54 Å². The summed E-state index contributed by atoms with van der Waals surface area (Å²) in [6, 6.07) is 5.68. The van der Waals surface area contributed by atoms with Gasteiger partial charge in [0.1, 0.15) is 0 Å². The van der Waals surface area contributed by atoms with Crippen molar-refractivity contribution in [3.8, 4) is 0 Å². The summed E-state index contributed by atoms with van der Waals surface area (Å²) >= 11 is 12.2. The van der Waals surface area contributed by atoms with Crippen LogP contribution in [0.5, 0.6) is 0 Å². The van der Waals surface area contributed by atoms with Crippen LogP contribution in [0.25, 0.3) is 0 Å². The van der Waals surface area contributed by atoms with E-state index in [4.69, 9.17) is 23.2 Å². The fraction of sp³-hybridized carbons (Fsp3) is 0.455. The number of nitrogens with one attached hydrogen (secondary N) is 1. The van der Waals surface area contributed by atoms with Crippen molar-refractivity contribution in [3.63, 3.8) is 0 Å². The van der Waals surface area contributed by atoms with Crippen LogP contribution >= 0.6 is 23.2 Å². The van der Waals surface area contributed by atoms with Gasteiger partial charge in [0, 0.05) is 15.6 Å². The van der Waals surface area contributed by atoms with Crippen molar-refractivity contribution in [3.05, 3.63) is 33.8 Å². The highest BCUT2D eigenvalue weighted by Gasteiger charge is 2.41. The molecule has 0 radical (unpaired) electrons. The summed E-state index contributed by atoms with van der Waals surface area (Å²) in [5, 5.41) is 4.89. The van der Waals surface area contributed by atoms with Gasteiger partial charge in [-0.2, -0.15) is 0 Å². The Bertz CT molecular complexity index is 325. The van der Waals surface area contributed by atoms with Gasteiger partial charge in [-0.05, 0) is 44.0 Å². The van der Waals surface area contributed by atoms with Crippen molar-refractivity contribution >= 4 is 23.2 Å². The van der Waals surface area contributed by atoms with E-state index in [1.165, 1.54) is 12.8 Å². The second kappa shape index (κ2) is 3.73. The lowest BCUT2D eigenvalue weighted by Gasteiger charge is -2.15. The molecule has 0 heterocycles. The number of halogens is 2. The molecule has 1 nitrogen and oxygen atoms in total. The van der Waals surface area contributed by atoms with E-state index in [0.29, 0.717) is 0 Å². The quantitative estimate of drug-likeness (QED) is 0.840. The summed E-state index contributed by atoms with van der Waals surface area (Å²) in [6.07, 6.45) is 3.36. The third-order valence-corrected chi connectivity index (χ3v) is 3.67. The van der Waals surface area contributed by atoms with E-state index in [2.05, 4.69) is 5.32 Å². The lowest BCUT2D eigenvalue weighted by Crippen LogP contribution is -2.29. The van der Waals surface area contributed by atoms with Crippen LogP contribution in [0.2, 0.25) is 10.0 Å². The number of benzene rings is 1. The Balaban J connectivity index is 2.24. The normalized spacial score (nSPS) is 18.2. The SMILES string of the molecule is CNC1(Cc2c(Cl)cccc2Cl)CC1. The zero-order chi connectivity index (χ0) is 10.2. The van der Waals surface area contributed by atoms with Crippen LogP contribution in [0.3, 0.4) is 0 Å². The lowest BCUT2D eigenvalue weighted by molar-refractivity contribution is 0.549. The molecule has 1 N–H and O–H groups in total. The molecule has 1 fully saturated rings. The number of likely N-dealkylation sites (N-methyl/N-ethyl adjacent to an activating group) is 1. The van der Waals surface area contributed by atoms with Crippen LogP contribution in [-0.4, -0.2) is 12.6 Å². The van der Waals surface area contributed by atoms with Crippen molar-refractivity contribution in [2.24, 2.45) is 0 Å². The van der Waals surface area contributed by atoms with Crippen LogP contribution in [-0.2, 0) is 6.42 Å². The zero-order valence-corrected chi connectivity index (χ0v) is 9.62. The monoisotopic (exact) mass is 229 g/mol. The zero-order valence-electron chi connectivity index (χ0n) is 8.11. The molecule has 0 bridgehead atoms. The average molecular weight is 230 g/mol. The van der Waals surface area contributed by atoms with Gasteiger partial charge in [0.2, 0.25) is 0 Å². The van der Waals surface area contributed by atoms with Crippen molar-refractivity contribution in [1.82, 2.24) is 5.32 Å². The van der Waals surface area contributed by atoms with E-state index in [9.17, 15) is 0 Å². The molecule has 1 aliphatic rings. The van der Waals surface area contributed by atoms with Crippen molar-refractivity contribution in [2.75, 3.05) is 7.05 Å². The Labute approximate surface area is 94.4 Å². The molecule has 0 aliphatic heterocycles. The molecule has 3 heteroatoms. The topological polar surface area (TPSA) is 12.0 Å². The van der Waals surface area contributed by atoms with Crippen molar-refractivity contribution in [2.45, 2.75) is 24.8 Å². The maximum absolute atomic E-state index is 6.11. The first-order valence-electron chi connectivity index (χ1n) is 4.79. The number of rotatable bonds is 3. The summed E-state index contributed by atoms with van der Waals surface area (Å²) in [5.41, 5.74) is 1.33. The molecule has 0 amide bonds. The molecule has 0 atom stereocenters. The van der Waals surface area contributed by atoms with Crippen LogP contribution in [0, 0.1) is 0 Å². The summed E-state index contributed by atoms with van der Waals surface area (Å²) in [6.45, 7) is 0. The van der Waals surface area contributed by atoms with E-state index < -0.39 is 0 Å². The minimum absolute atomic E-state index is 0.259. The first-order chi connectivity index (χ1) is 6.67. The summed E-state index contributed by atoms with van der Waals surface area (Å²) < 4.78 is 0. The van der Waals surface area contributed by atoms with Gasteiger partial charge in [-0.1, -0.05) is 29.3 Å². The van der Waals surface area contributed by atoms with Crippen LogP contribution in [0.4, 0.5) is 0 Å². The molecule has 1 saturated carbocycles. The minimum Gasteiger partial charge on any atom is -0.314 e. The predicted molar refractivity (Wildman–Crippen MR) is 61.2 cm³/mol. The molecule has 0 saturated heterocycles. The molecule has 0 aromatic heterocycles. The third kappa shape index (κ3) is 1.90. The molecule has 1 aliphatic carbocycles. The van der Waals surface area contributed by atoms with E-state index in [1.54, 1.807) is 0 Å². The number of hydrogen-bond donors (Lipinski definition) is 1. The first-order valence-corrected chi connectivity index (χ1v) is 5.54. The van der Waals surface area contributed by atoms with Gasteiger partial charge in [0.05, 0.1) is 0 Å². The molecule has 1 aromatic carbocycles. The summed E-state index contributed by atoms with van der Waals surface area (Å²) in [5.74, 6) is 0. The average Bonchev–Trinajstić information content (AvgIpc) is 2.93. The molecule has 14 heavy (non-hydrogen) atoms. The standard InChI is InChI=1S/C11H13Cl2N/c1-14-11(5-6-11)7-8-9(12)3-2-4-10(8)13/h2-4,14H,5-7H2,1H3. The second-order valence-corrected chi connectivity index (χ2v) is 4.72. The van der Waals surface area contributed by atoms with Crippen molar-refractivity contribution in [1.29, 1.82) is 0 Å². The van der Waals surface area contributed by atoms with E-state index >= 15 is 0 Å².